The molecule has 34 heavy (non-hydrogen) atoms. The number of fused-ring (bicyclic) bond motifs is 5. The molecule has 0 radical (unpaired) electrons. The Hall–Kier alpha value is -0.970. The summed E-state index contributed by atoms with van der Waals surface area (Å²) in [4.78, 5) is 17.5. The summed E-state index contributed by atoms with van der Waals surface area (Å²) in [6, 6.07) is 0. The fourth-order valence-electron chi connectivity index (χ4n) is 9.61. The number of hydrogen-bond donors (Lipinski definition) is 2. The van der Waals surface area contributed by atoms with Gasteiger partial charge in [0, 0.05) is 11.8 Å². The lowest BCUT2D eigenvalue weighted by atomic mass is 9.41. The summed E-state index contributed by atoms with van der Waals surface area (Å²) in [5.41, 5.74) is 2.34. The van der Waals surface area contributed by atoms with E-state index in [-0.39, 0.29) is 39.8 Å². The van der Waals surface area contributed by atoms with E-state index in [0.29, 0.717) is 30.0 Å². The average Bonchev–Trinajstić information content (AvgIpc) is 2.96. The van der Waals surface area contributed by atoms with E-state index in [1.54, 1.807) is 5.57 Å². The van der Waals surface area contributed by atoms with Crippen LogP contribution in [-0.2, 0) is 9.68 Å². The zero-order chi connectivity index (χ0) is 25.3. The Labute approximate surface area is 207 Å². The molecule has 2 N–H and O–H groups in total. The van der Waals surface area contributed by atoms with Crippen molar-refractivity contribution in [3.8, 4) is 0 Å². The van der Waals surface area contributed by atoms with Gasteiger partial charge in [-0.05, 0) is 97.4 Å². The number of allylic oxidation sites excluding steroid dienone is 2. The number of hydrogen-bond acceptors (Lipinski definition) is 4. The molecule has 4 nitrogen and oxygen atoms in total. The molecule has 0 aromatic rings. The van der Waals surface area contributed by atoms with Crippen LogP contribution in [0, 0.1) is 45.3 Å². The molecule has 3 saturated carbocycles. The van der Waals surface area contributed by atoms with Crippen molar-refractivity contribution in [2.75, 3.05) is 0 Å². The summed E-state index contributed by atoms with van der Waals surface area (Å²) in [6.45, 7) is 19.8. The molecule has 0 aliphatic heterocycles. The SMILES string of the molecule is C=C(C)C(CCC(C)C1C(O)CC2(C)C3=CCC4C(C)(C)C(=O)CCC4(C)C3CCC12C)OO. The van der Waals surface area contributed by atoms with Crippen LogP contribution in [0.4, 0.5) is 0 Å². The second kappa shape index (κ2) is 8.56. The van der Waals surface area contributed by atoms with Crippen LogP contribution in [0.2, 0.25) is 0 Å². The first-order valence-corrected chi connectivity index (χ1v) is 13.6. The molecule has 4 rings (SSSR count). The van der Waals surface area contributed by atoms with Crippen molar-refractivity contribution in [3.05, 3.63) is 23.8 Å². The van der Waals surface area contributed by atoms with Crippen LogP contribution in [0.1, 0.15) is 99.8 Å². The second-order valence-corrected chi connectivity index (χ2v) is 13.7. The summed E-state index contributed by atoms with van der Waals surface area (Å²) < 4.78 is 0. The third-order valence-corrected chi connectivity index (χ3v) is 11.8. The fourth-order valence-corrected chi connectivity index (χ4v) is 9.61. The normalized spacial score (nSPS) is 45.0. The van der Waals surface area contributed by atoms with Crippen LogP contribution >= 0.6 is 0 Å². The summed E-state index contributed by atoms with van der Waals surface area (Å²) in [7, 11) is 0. The Kier molecular flexibility index (Phi) is 6.57. The summed E-state index contributed by atoms with van der Waals surface area (Å²) >= 11 is 0. The van der Waals surface area contributed by atoms with Crippen LogP contribution in [0.25, 0.3) is 0 Å². The molecule has 3 fully saturated rings. The van der Waals surface area contributed by atoms with Crippen LogP contribution in [-0.4, -0.2) is 28.4 Å². The molecule has 9 atom stereocenters. The molecule has 9 unspecified atom stereocenters. The van der Waals surface area contributed by atoms with Crippen molar-refractivity contribution in [3.63, 3.8) is 0 Å². The molecular weight excluding hydrogens is 424 g/mol. The first-order chi connectivity index (χ1) is 15.7. The zero-order valence-corrected chi connectivity index (χ0v) is 22.6. The number of carbonyl (C=O) groups is 1. The fraction of sp³-hybridized carbons (Fsp3) is 0.833. The van der Waals surface area contributed by atoms with Gasteiger partial charge in [-0.3, -0.25) is 10.1 Å². The van der Waals surface area contributed by atoms with Crippen LogP contribution in [0.3, 0.4) is 0 Å². The van der Waals surface area contributed by atoms with E-state index in [1.807, 2.05) is 6.92 Å². The van der Waals surface area contributed by atoms with Gasteiger partial charge < -0.3 is 5.11 Å². The van der Waals surface area contributed by atoms with Gasteiger partial charge in [0.1, 0.15) is 11.9 Å². The largest absolute Gasteiger partial charge is 0.393 e. The van der Waals surface area contributed by atoms with E-state index < -0.39 is 0 Å². The van der Waals surface area contributed by atoms with Gasteiger partial charge >= 0.3 is 0 Å². The van der Waals surface area contributed by atoms with E-state index in [2.05, 4.69) is 59.1 Å². The average molecular weight is 473 g/mol. The van der Waals surface area contributed by atoms with Gasteiger partial charge in [-0.1, -0.05) is 59.8 Å². The highest BCUT2D eigenvalue weighted by Crippen LogP contribution is 2.73. The number of rotatable bonds is 6. The second-order valence-electron chi connectivity index (χ2n) is 13.7. The molecule has 0 aromatic carbocycles. The molecule has 0 aromatic heterocycles. The topological polar surface area (TPSA) is 66.8 Å². The van der Waals surface area contributed by atoms with E-state index in [4.69, 9.17) is 0 Å². The molecule has 192 valence electrons. The van der Waals surface area contributed by atoms with Crippen LogP contribution in [0.5, 0.6) is 0 Å². The Balaban J connectivity index is 1.63. The minimum absolute atomic E-state index is 0.0188. The zero-order valence-electron chi connectivity index (χ0n) is 22.6. The molecule has 4 aliphatic rings. The highest BCUT2D eigenvalue weighted by atomic mass is 17.1. The summed E-state index contributed by atoms with van der Waals surface area (Å²) in [5, 5.41) is 20.8. The highest BCUT2D eigenvalue weighted by molar-refractivity contribution is 5.85. The lowest BCUT2D eigenvalue weighted by Crippen LogP contribution is -2.57. The summed E-state index contributed by atoms with van der Waals surface area (Å²) in [6.07, 6.45) is 9.24. The Morgan fingerprint density at radius 3 is 2.50 bits per heavy atom. The summed E-state index contributed by atoms with van der Waals surface area (Å²) in [5.74, 6) is 1.90. The number of ketones is 1. The molecule has 4 aliphatic carbocycles. The molecule has 0 amide bonds. The first kappa shape index (κ1) is 26.1. The molecular formula is C30H48O4. The maximum atomic E-state index is 12.8. The Morgan fingerprint density at radius 2 is 1.88 bits per heavy atom. The predicted octanol–water partition coefficient (Wildman–Crippen LogP) is 6.98. The Bertz CT molecular complexity index is 873. The maximum Gasteiger partial charge on any atom is 0.138 e. The molecule has 0 spiro atoms. The monoisotopic (exact) mass is 472 g/mol. The minimum atomic E-state index is -0.341. The molecule has 0 bridgehead atoms. The van der Waals surface area contributed by atoms with Crippen LogP contribution in [0.15, 0.2) is 23.8 Å². The van der Waals surface area contributed by atoms with Crippen molar-refractivity contribution in [1.82, 2.24) is 0 Å². The quantitative estimate of drug-likeness (QED) is 0.248. The van der Waals surface area contributed by atoms with Crippen molar-refractivity contribution in [1.29, 1.82) is 0 Å². The minimum Gasteiger partial charge on any atom is -0.393 e. The first-order valence-electron chi connectivity index (χ1n) is 13.6. The van der Waals surface area contributed by atoms with Crippen molar-refractivity contribution >= 4 is 5.78 Å². The van der Waals surface area contributed by atoms with E-state index in [1.165, 1.54) is 0 Å². The van der Waals surface area contributed by atoms with E-state index in [9.17, 15) is 15.2 Å². The highest BCUT2D eigenvalue weighted by Gasteiger charge is 2.67. The van der Waals surface area contributed by atoms with Gasteiger partial charge in [0.05, 0.1) is 6.10 Å². The van der Waals surface area contributed by atoms with Crippen LogP contribution < -0.4 is 0 Å². The predicted molar refractivity (Wildman–Crippen MR) is 136 cm³/mol. The van der Waals surface area contributed by atoms with E-state index >= 15 is 0 Å². The maximum absolute atomic E-state index is 12.8. The van der Waals surface area contributed by atoms with Gasteiger partial charge in [-0.25, -0.2) is 4.89 Å². The van der Waals surface area contributed by atoms with Gasteiger partial charge in [0.2, 0.25) is 0 Å². The molecule has 0 heterocycles. The van der Waals surface area contributed by atoms with Crippen molar-refractivity contribution < 1.29 is 20.0 Å². The van der Waals surface area contributed by atoms with Crippen molar-refractivity contribution in [2.24, 2.45) is 45.3 Å². The van der Waals surface area contributed by atoms with Gasteiger partial charge in [-0.15, -0.1) is 0 Å². The number of carbonyl (C=O) groups excluding carboxylic acids is 1. The van der Waals surface area contributed by atoms with Crippen molar-refractivity contribution in [2.45, 2.75) is 112 Å². The molecule has 0 saturated heterocycles. The third-order valence-electron chi connectivity index (χ3n) is 11.8. The number of aliphatic hydroxyl groups is 1. The number of Topliss-reactive ketones (excluding diaryl/α,β-unsaturated/α-hetero) is 1. The van der Waals surface area contributed by atoms with Gasteiger partial charge in [-0.2, -0.15) is 0 Å². The number of aliphatic hydroxyl groups excluding tert-OH is 1. The Morgan fingerprint density at radius 1 is 1.21 bits per heavy atom. The molecule has 4 heteroatoms. The lowest BCUT2D eigenvalue weighted by molar-refractivity contribution is -0.270. The third kappa shape index (κ3) is 3.53. The van der Waals surface area contributed by atoms with Gasteiger partial charge in [0.25, 0.3) is 0 Å². The van der Waals surface area contributed by atoms with E-state index in [0.717, 1.165) is 50.5 Å². The van der Waals surface area contributed by atoms with Gasteiger partial charge in [0.15, 0.2) is 0 Å². The lowest BCUT2D eigenvalue weighted by Gasteiger charge is -2.63. The smallest absolute Gasteiger partial charge is 0.138 e. The standard InChI is InChI=1S/C30H48O4/c1-18(2)23(34-33)11-9-19(3)26-22(31)17-30(8)21-10-12-24-27(4,5)25(32)14-15-28(24,6)20(21)13-16-29(26,30)7/h10,19-20,22-24,26,31,33H,1,9,11-17H2,2-8H3.